The van der Waals surface area contributed by atoms with Crippen molar-refractivity contribution in [2.24, 2.45) is 0 Å². The third kappa shape index (κ3) is 8.79. The van der Waals surface area contributed by atoms with Gasteiger partial charge in [-0.25, -0.2) is 4.39 Å². The zero-order valence-corrected chi connectivity index (χ0v) is 12.3. The maximum Gasteiger partial charge on any atom is 0.264 e. The molecule has 0 aromatic carbocycles. The Morgan fingerprint density at radius 2 is 1.67 bits per heavy atom. The van der Waals surface area contributed by atoms with Gasteiger partial charge < -0.3 is 0 Å². The first-order chi connectivity index (χ1) is 8.28. The molecule has 1 aliphatic heterocycles. The molecule has 1 rings (SSSR count). The highest BCUT2D eigenvalue weighted by atomic mass is 32.2. The lowest BCUT2D eigenvalue weighted by atomic mass is 10.2. The number of unbranched alkanes of at least 4 members (excludes halogenated alkanes) is 3. The van der Waals surface area contributed by atoms with E-state index in [-0.39, 0.29) is 5.75 Å². The van der Waals surface area contributed by atoms with Crippen molar-refractivity contribution in [2.45, 2.75) is 39.0 Å². The summed E-state index contributed by atoms with van der Waals surface area (Å²) < 4.78 is 41.2. The lowest BCUT2D eigenvalue weighted by molar-refractivity contribution is 0.0497. The van der Waals surface area contributed by atoms with Gasteiger partial charge in [0.25, 0.3) is 10.1 Å². The van der Waals surface area contributed by atoms with Crippen LogP contribution in [0.5, 0.6) is 0 Å². The number of alkyl halides is 1. The van der Waals surface area contributed by atoms with E-state index >= 15 is 0 Å². The predicted molar refractivity (Wildman–Crippen MR) is 70.7 cm³/mol. The molecule has 110 valence electrons. The van der Waals surface area contributed by atoms with E-state index in [1.54, 1.807) is 23.9 Å². The fraction of sp³-hybridized carbons (Fsp3) is 1.00. The Hall–Kier alpha value is -0.240. The van der Waals surface area contributed by atoms with E-state index < -0.39 is 16.5 Å². The van der Waals surface area contributed by atoms with Crippen molar-refractivity contribution in [3.8, 4) is 0 Å². The Kier molecular flexibility index (Phi) is 8.67. The Labute approximate surface area is 110 Å². The van der Waals surface area contributed by atoms with Gasteiger partial charge in [0, 0.05) is 13.1 Å². The molecule has 0 spiro atoms. The quantitative estimate of drug-likeness (QED) is 0.472. The Morgan fingerprint density at radius 3 is 1.94 bits per heavy atom. The summed E-state index contributed by atoms with van der Waals surface area (Å²) in [6.45, 7) is 3.74. The van der Waals surface area contributed by atoms with Crippen LogP contribution in [-0.4, -0.2) is 62.1 Å². The molecule has 1 heterocycles. The Balaban J connectivity index is 0.000000327. The fourth-order valence-electron chi connectivity index (χ4n) is 1.58. The molecule has 7 heteroatoms. The normalized spacial score (nSPS) is 18.7. The first kappa shape index (κ1) is 17.8. The number of halogens is 1. The van der Waals surface area contributed by atoms with Crippen molar-refractivity contribution in [1.82, 2.24) is 9.80 Å². The summed E-state index contributed by atoms with van der Waals surface area (Å²) in [5.41, 5.74) is 0. The molecule has 18 heavy (non-hydrogen) atoms. The average Bonchev–Trinajstić information content (AvgIpc) is 2.56. The van der Waals surface area contributed by atoms with Gasteiger partial charge in [-0.3, -0.25) is 14.4 Å². The molecule has 0 amide bonds. The first-order valence-electron chi connectivity index (χ1n) is 6.27. The summed E-state index contributed by atoms with van der Waals surface area (Å²) in [4.78, 5) is 3.36. The Bertz CT molecular complexity index is 301. The minimum absolute atomic E-state index is 0.0903. The third-order valence-corrected chi connectivity index (χ3v) is 3.59. The second-order valence-corrected chi connectivity index (χ2v) is 6.19. The SMILES string of the molecule is CCCCCCS(=O)(=O)O.CN1CCN(C)C1F. The van der Waals surface area contributed by atoms with Crippen molar-refractivity contribution >= 4 is 10.1 Å². The maximum atomic E-state index is 12.6. The Morgan fingerprint density at radius 1 is 1.17 bits per heavy atom. The van der Waals surface area contributed by atoms with Gasteiger partial charge in [0.15, 0.2) is 0 Å². The number of hydrogen-bond acceptors (Lipinski definition) is 4. The molecule has 0 aliphatic carbocycles. The van der Waals surface area contributed by atoms with Crippen LogP contribution in [0.15, 0.2) is 0 Å². The highest BCUT2D eigenvalue weighted by molar-refractivity contribution is 7.85. The van der Waals surface area contributed by atoms with Crippen LogP contribution >= 0.6 is 0 Å². The van der Waals surface area contributed by atoms with Crippen molar-refractivity contribution in [3.63, 3.8) is 0 Å². The van der Waals surface area contributed by atoms with E-state index in [9.17, 15) is 12.8 Å². The molecule has 0 aromatic rings. The van der Waals surface area contributed by atoms with E-state index in [1.165, 1.54) is 0 Å². The zero-order valence-electron chi connectivity index (χ0n) is 11.5. The molecule has 0 bridgehead atoms. The summed E-state index contributed by atoms with van der Waals surface area (Å²) >= 11 is 0. The van der Waals surface area contributed by atoms with Gasteiger partial charge in [-0.05, 0) is 20.5 Å². The molecule has 1 fully saturated rings. The number of nitrogens with zero attached hydrogens (tertiary/aromatic N) is 2. The maximum absolute atomic E-state index is 12.6. The first-order valence-corrected chi connectivity index (χ1v) is 7.88. The van der Waals surface area contributed by atoms with Crippen molar-refractivity contribution in [2.75, 3.05) is 32.9 Å². The van der Waals surface area contributed by atoms with Crippen LogP contribution in [0.4, 0.5) is 4.39 Å². The van der Waals surface area contributed by atoms with Crippen molar-refractivity contribution in [1.29, 1.82) is 0 Å². The van der Waals surface area contributed by atoms with Gasteiger partial charge >= 0.3 is 0 Å². The van der Waals surface area contributed by atoms with Gasteiger partial charge in [-0.2, -0.15) is 8.42 Å². The third-order valence-electron chi connectivity index (χ3n) is 2.79. The van der Waals surface area contributed by atoms with Crippen molar-refractivity contribution in [3.05, 3.63) is 0 Å². The molecule has 5 nitrogen and oxygen atoms in total. The van der Waals surface area contributed by atoms with Crippen LogP contribution in [-0.2, 0) is 10.1 Å². The largest absolute Gasteiger partial charge is 0.286 e. The standard InChI is InChI=1S/C6H14O3S.C5H11FN2/c1-2-3-4-5-6-10(7,8)9;1-7-3-4-8(2)5(7)6/h2-6H2,1H3,(H,7,8,9);5H,3-4H2,1-2H3. The van der Waals surface area contributed by atoms with E-state index in [4.69, 9.17) is 4.55 Å². The molecular weight excluding hydrogens is 259 g/mol. The van der Waals surface area contributed by atoms with Gasteiger partial charge in [0.05, 0.1) is 5.75 Å². The molecule has 0 saturated carbocycles. The molecule has 1 saturated heterocycles. The van der Waals surface area contributed by atoms with Crippen LogP contribution < -0.4 is 0 Å². The molecule has 0 atom stereocenters. The van der Waals surface area contributed by atoms with Gasteiger partial charge in [-0.1, -0.05) is 26.2 Å². The zero-order chi connectivity index (χ0) is 14.2. The number of likely N-dealkylation sites (N-methyl/N-ethyl adjacent to an activating group) is 2. The van der Waals surface area contributed by atoms with Crippen molar-refractivity contribution < 1.29 is 17.4 Å². The monoisotopic (exact) mass is 284 g/mol. The second-order valence-electron chi connectivity index (χ2n) is 4.62. The second kappa shape index (κ2) is 8.79. The summed E-state index contributed by atoms with van der Waals surface area (Å²) in [7, 11) is -0.133. The van der Waals surface area contributed by atoms with Crippen LogP contribution in [0, 0.1) is 0 Å². The molecule has 1 aliphatic rings. The van der Waals surface area contributed by atoms with Crippen LogP contribution in [0.2, 0.25) is 0 Å². The van der Waals surface area contributed by atoms with E-state index in [0.29, 0.717) is 6.42 Å². The van der Waals surface area contributed by atoms with E-state index in [2.05, 4.69) is 0 Å². The topological polar surface area (TPSA) is 60.9 Å². The summed E-state index contributed by atoms with van der Waals surface area (Å²) in [6.07, 6.45) is 2.72. The van der Waals surface area contributed by atoms with Crippen LogP contribution in [0.25, 0.3) is 0 Å². The minimum Gasteiger partial charge on any atom is -0.286 e. The lowest BCUT2D eigenvalue weighted by Gasteiger charge is -2.14. The minimum atomic E-state index is -3.70. The number of rotatable bonds is 5. The molecule has 0 aromatic heterocycles. The van der Waals surface area contributed by atoms with E-state index in [0.717, 1.165) is 32.4 Å². The smallest absolute Gasteiger partial charge is 0.264 e. The molecule has 0 radical (unpaired) electrons. The van der Waals surface area contributed by atoms with Crippen LogP contribution in [0.1, 0.15) is 32.6 Å². The molecular formula is C11H25FN2O3S. The lowest BCUT2D eigenvalue weighted by Crippen LogP contribution is -2.29. The fourth-order valence-corrected chi connectivity index (χ4v) is 2.15. The molecule has 0 unspecified atom stereocenters. The highest BCUT2D eigenvalue weighted by Gasteiger charge is 2.24. The summed E-state index contributed by atoms with van der Waals surface area (Å²) in [6, 6.07) is 0. The van der Waals surface area contributed by atoms with Crippen LogP contribution in [0.3, 0.4) is 0 Å². The molecule has 1 N–H and O–H groups in total. The predicted octanol–water partition coefficient (Wildman–Crippen LogP) is 1.57. The highest BCUT2D eigenvalue weighted by Crippen LogP contribution is 2.09. The van der Waals surface area contributed by atoms with E-state index in [1.807, 2.05) is 6.92 Å². The van der Waals surface area contributed by atoms with Gasteiger partial charge in [0.1, 0.15) is 0 Å². The summed E-state index contributed by atoms with van der Waals surface area (Å²) in [5, 5.41) is 0. The summed E-state index contributed by atoms with van der Waals surface area (Å²) in [5.74, 6) is -0.0903. The average molecular weight is 284 g/mol. The number of hydrogen-bond donors (Lipinski definition) is 1. The van der Waals surface area contributed by atoms with Gasteiger partial charge in [-0.15, -0.1) is 0 Å². The van der Waals surface area contributed by atoms with Gasteiger partial charge in [0.2, 0.25) is 6.42 Å².